The average molecular weight is 381 g/mol. The molecule has 0 saturated carbocycles. The van der Waals surface area contributed by atoms with Gasteiger partial charge in [0, 0.05) is 12.6 Å². The van der Waals surface area contributed by atoms with E-state index in [2.05, 4.69) is 10.2 Å². The predicted molar refractivity (Wildman–Crippen MR) is 104 cm³/mol. The van der Waals surface area contributed by atoms with E-state index < -0.39 is 5.97 Å². The summed E-state index contributed by atoms with van der Waals surface area (Å²) in [6.07, 6.45) is 0.552. The topological polar surface area (TPSA) is 93.9 Å². The van der Waals surface area contributed by atoms with Crippen LogP contribution < -0.4 is 20.7 Å². The Labute approximate surface area is 163 Å². The van der Waals surface area contributed by atoms with E-state index in [0.717, 1.165) is 29.8 Å². The van der Waals surface area contributed by atoms with E-state index in [0.29, 0.717) is 17.9 Å². The first-order valence-corrected chi connectivity index (χ1v) is 9.43. The molecule has 2 heterocycles. The Morgan fingerprint density at radius 3 is 2.79 bits per heavy atom. The minimum atomic E-state index is -0.403. The van der Waals surface area contributed by atoms with E-state index in [1.165, 1.54) is 0 Å². The third-order valence-corrected chi connectivity index (χ3v) is 5.12. The zero-order chi connectivity index (χ0) is 19.7. The molecule has 0 aliphatic carbocycles. The van der Waals surface area contributed by atoms with Gasteiger partial charge in [0.15, 0.2) is 6.61 Å². The fourth-order valence-corrected chi connectivity index (χ4v) is 3.80. The lowest BCUT2D eigenvalue weighted by Gasteiger charge is -2.44. The molecule has 0 unspecified atom stereocenters. The molecule has 2 aliphatic rings. The Morgan fingerprint density at radius 2 is 2.04 bits per heavy atom. The molecule has 2 atom stereocenters. The van der Waals surface area contributed by atoms with Gasteiger partial charge in [0.1, 0.15) is 11.9 Å². The molecule has 2 aromatic carbocycles. The highest BCUT2D eigenvalue weighted by atomic mass is 16.6. The first-order valence-electron chi connectivity index (χ1n) is 9.43. The van der Waals surface area contributed by atoms with Crippen molar-refractivity contribution in [3.63, 3.8) is 0 Å². The van der Waals surface area contributed by atoms with Gasteiger partial charge >= 0.3 is 5.97 Å². The van der Waals surface area contributed by atoms with Gasteiger partial charge in [-0.15, -0.1) is 0 Å². The summed E-state index contributed by atoms with van der Waals surface area (Å²) < 4.78 is 10.3. The summed E-state index contributed by atoms with van der Waals surface area (Å²) in [5.41, 5.74) is 9.82. The van der Waals surface area contributed by atoms with Crippen molar-refractivity contribution in [1.29, 1.82) is 0 Å². The molecule has 0 saturated heterocycles. The number of rotatable bonds is 5. The lowest BCUT2D eigenvalue weighted by Crippen LogP contribution is -2.49. The van der Waals surface area contributed by atoms with Crippen molar-refractivity contribution in [2.24, 2.45) is 5.73 Å². The van der Waals surface area contributed by atoms with Gasteiger partial charge in [0.2, 0.25) is 0 Å². The van der Waals surface area contributed by atoms with Crippen LogP contribution in [0.1, 0.15) is 47.0 Å². The Morgan fingerprint density at radius 1 is 1.25 bits per heavy atom. The lowest BCUT2D eigenvalue weighted by atomic mass is 9.90. The summed E-state index contributed by atoms with van der Waals surface area (Å²) in [7, 11) is 0. The number of carbonyl (C=O) groups is 2. The first kappa shape index (κ1) is 18.3. The highest BCUT2D eigenvalue weighted by Gasteiger charge is 2.37. The standard InChI is InChI=1S/C21H23N3O4/c1-2-27-18(25)12-28-14-8-6-13(7-9-14)20-23-21(26)16-5-3-4-15-17(22)10-11-24(20)19(15)16/h3-9,17,20H,2,10-12,22H2,1H3,(H,23,26)/t17-,20-/m0/s1. The van der Waals surface area contributed by atoms with Crippen molar-refractivity contribution >= 4 is 17.6 Å². The smallest absolute Gasteiger partial charge is 0.344 e. The maximum Gasteiger partial charge on any atom is 0.344 e. The van der Waals surface area contributed by atoms with Gasteiger partial charge in [-0.1, -0.05) is 24.3 Å². The molecular weight excluding hydrogens is 358 g/mol. The van der Waals surface area contributed by atoms with Crippen LogP contribution in [-0.4, -0.2) is 31.6 Å². The first-order chi connectivity index (χ1) is 13.6. The molecule has 4 rings (SSSR count). The quantitative estimate of drug-likeness (QED) is 0.772. The monoisotopic (exact) mass is 381 g/mol. The lowest BCUT2D eigenvalue weighted by molar-refractivity contribution is -0.145. The van der Waals surface area contributed by atoms with Crippen LogP contribution in [0.5, 0.6) is 5.75 Å². The molecule has 0 bridgehead atoms. The van der Waals surface area contributed by atoms with Gasteiger partial charge < -0.3 is 25.4 Å². The van der Waals surface area contributed by atoms with Crippen molar-refractivity contribution < 1.29 is 19.1 Å². The van der Waals surface area contributed by atoms with E-state index in [1.807, 2.05) is 30.3 Å². The van der Waals surface area contributed by atoms with Crippen LogP contribution in [0.4, 0.5) is 5.69 Å². The number of carbonyl (C=O) groups excluding carboxylic acids is 2. The van der Waals surface area contributed by atoms with Gasteiger partial charge in [-0.2, -0.15) is 0 Å². The molecule has 0 spiro atoms. The number of nitrogens with zero attached hydrogens (tertiary/aromatic N) is 1. The van der Waals surface area contributed by atoms with Crippen LogP contribution in [-0.2, 0) is 9.53 Å². The van der Waals surface area contributed by atoms with Crippen LogP contribution >= 0.6 is 0 Å². The number of benzene rings is 2. The minimum absolute atomic E-state index is 0.0589. The third kappa shape index (κ3) is 3.29. The second-order valence-corrected chi connectivity index (χ2v) is 6.87. The summed E-state index contributed by atoms with van der Waals surface area (Å²) in [6.45, 7) is 2.71. The van der Waals surface area contributed by atoms with E-state index in [1.54, 1.807) is 19.1 Å². The average Bonchev–Trinajstić information content (AvgIpc) is 2.71. The molecule has 146 valence electrons. The van der Waals surface area contributed by atoms with Crippen LogP contribution in [0.3, 0.4) is 0 Å². The van der Waals surface area contributed by atoms with Crippen LogP contribution in [0, 0.1) is 0 Å². The van der Waals surface area contributed by atoms with Crippen molar-refractivity contribution in [3.8, 4) is 5.75 Å². The molecule has 7 heteroatoms. The molecule has 7 nitrogen and oxygen atoms in total. The second kappa shape index (κ2) is 7.52. The largest absolute Gasteiger partial charge is 0.482 e. The number of ether oxygens (including phenoxy) is 2. The van der Waals surface area contributed by atoms with Gasteiger partial charge in [-0.25, -0.2) is 4.79 Å². The molecule has 2 aliphatic heterocycles. The maximum absolute atomic E-state index is 12.7. The van der Waals surface area contributed by atoms with E-state index in [-0.39, 0.29) is 24.7 Å². The Hall–Kier alpha value is -3.06. The highest BCUT2D eigenvalue weighted by Crippen LogP contribution is 2.42. The highest BCUT2D eigenvalue weighted by molar-refractivity contribution is 6.03. The summed E-state index contributed by atoms with van der Waals surface area (Å²) in [5.74, 6) is 0.0652. The molecule has 0 fully saturated rings. The Kier molecular flexibility index (Phi) is 4.92. The van der Waals surface area contributed by atoms with Crippen LogP contribution in [0.25, 0.3) is 0 Å². The zero-order valence-corrected chi connectivity index (χ0v) is 15.7. The maximum atomic E-state index is 12.7. The van der Waals surface area contributed by atoms with Crippen LogP contribution in [0.15, 0.2) is 42.5 Å². The van der Waals surface area contributed by atoms with Gasteiger partial charge in [0.05, 0.1) is 17.9 Å². The number of nitrogens with one attached hydrogen (secondary N) is 1. The van der Waals surface area contributed by atoms with Crippen molar-refractivity contribution in [1.82, 2.24) is 5.32 Å². The summed E-state index contributed by atoms with van der Waals surface area (Å²) >= 11 is 0. The summed E-state index contributed by atoms with van der Waals surface area (Å²) in [5, 5.41) is 3.08. The van der Waals surface area contributed by atoms with Crippen molar-refractivity contribution in [2.75, 3.05) is 24.7 Å². The summed E-state index contributed by atoms with van der Waals surface area (Å²) in [6, 6.07) is 13.0. The fourth-order valence-electron chi connectivity index (χ4n) is 3.80. The number of nitrogens with two attached hydrogens (primary N) is 1. The van der Waals surface area contributed by atoms with Gasteiger partial charge in [0.25, 0.3) is 5.91 Å². The molecule has 3 N–H and O–H groups in total. The Bertz CT molecular complexity index is 897. The third-order valence-electron chi connectivity index (χ3n) is 5.12. The fraction of sp³-hybridized carbons (Fsp3) is 0.333. The molecular formula is C21H23N3O4. The molecule has 1 amide bonds. The number of anilines is 1. The van der Waals surface area contributed by atoms with Crippen LogP contribution in [0.2, 0.25) is 0 Å². The SMILES string of the molecule is CCOC(=O)COc1ccc([C@H]2NC(=O)c3cccc4c3N2CC[C@@H]4N)cc1. The minimum Gasteiger partial charge on any atom is -0.482 e. The second-order valence-electron chi connectivity index (χ2n) is 6.87. The van der Waals surface area contributed by atoms with Gasteiger partial charge in [-0.3, -0.25) is 4.79 Å². The molecule has 0 aromatic heterocycles. The number of hydrogen-bond donors (Lipinski definition) is 2. The molecule has 28 heavy (non-hydrogen) atoms. The predicted octanol–water partition coefficient (Wildman–Crippen LogP) is 2.28. The number of hydrogen-bond acceptors (Lipinski definition) is 6. The number of esters is 1. The van der Waals surface area contributed by atoms with Gasteiger partial charge in [-0.05, 0) is 42.7 Å². The van der Waals surface area contributed by atoms with E-state index in [4.69, 9.17) is 15.2 Å². The normalized spacial score (nSPS) is 20.2. The summed E-state index contributed by atoms with van der Waals surface area (Å²) in [4.78, 5) is 26.3. The molecule has 2 aromatic rings. The zero-order valence-electron chi connectivity index (χ0n) is 15.7. The molecule has 0 radical (unpaired) electrons. The van der Waals surface area contributed by atoms with Crippen molar-refractivity contribution in [2.45, 2.75) is 25.6 Å². The number of para-hydroxylation sites is 1. The number of amides is 1. The Balaban J connectivity index is 1.57. The van der Waals surface area contributed by atoms with Crippen molar-refractivity contribution in [3.05, 3.63) is 59.2 Å². The van der Waals surface area contributed by atoms with E-state index >= 15 is 0 Å². The van der Waals surface area contributed by atoms with E-state index in [9.17, 15) is 9.59 Å².